The van der Waals surface area contributed by atoms with Gasteiger partial charge in [0.2, 0.25) is 0 Å². The zero-order valence-electron chi connectivity index (χ0n) is 12.5. The van der Waals surface area contributed by atoms with Gasteiger partial charge in [-0.3, -0.25) is 0 Å². The molecule has 1 aromatic rings. The second-order valence-electron chi connectivity index (χ2n) is 5.80. The van der Waals surface area contributed by atoms with Crippen LogP contribution in [-0.4, -0.2) is 23.9 Å². The third kappa shape index (κ3) is 5.04. The van der Waals surface area contributed by atoms with Gasteiger partial charge in [0.05, 0.1) is 5.60 Å². The van der Waals surface area contributed by atoms with E-state index in [1.807, 2.05) is 30.3 Å². The van der Waals surface area contributed by atoms with Crippen LogP contribution in [-0.2, 0) is 6.54 Å². The third-order valence-corrected chi connectivity index (χ3v) is 4.07. The molecule has 21 heavy (non-hydrogen) atoms. The van der Waals surface area contributed by atoms with Crippen LogP contribution in [0.5, 0.6) is 5.75 Å². The van der Waals surface area contributed by atoms with Crippen LogP contribution in [0.2, 0.25) is 0 Å². The molecule has 0 aliphatic heterocycles. The first-order valence-corrected chi connectivity index (χ1v) is 7.74. The summed E-state index contributed by atoms with van der Waals surface area (Å²) >= 11 is 0. The van der Waals surface area contributed by atoms with E-state index >= 15 is 0 Å². The van der Waals surface area contributed by atoms with Crippen LogP contribution in [0, 0.1) is 11.3 Å². The number of nitrogens with zero attached hydrogens (tertiary/aromatic N) is 1. The number of aliphatic hydroxyl groups is 1. The second kappa shape index (κ2) is 8.02. The molecule has 0 atom stereocenters. The van der Waals surface area contributed by atoms with Crippen LogP contribution in [0.4, 0.5) is 0 Å². The summed E-state index contributed by atoms with van der Waals surface area (Å²) in [4.78, 5) is 0. The van der Waals surface area contributed by atoms with Crippen LogP contribution >= 0.6 is 0 Å². The molecule has 1 aliphatic rings. The molecule has 1 fully saturated rings. The summed E-state index contributed by atoms with van der Waals surface area (Å²) in [6, 6.07) is 9.69. The van der Waals surface area contributed by atoms with Gasteiger partial charge < -0.3 is 15.2 Å². The minimum absolute atomic E-state index is 0.0565. The molecule has 0 spiro atoms. The smallest absolute Gasteiger partial charge is 0.174 e. The maximum absolute atomic E-state index is 10.6. The Labute approximate surface area is 126 Å². The number of hydrogen-bond acceptors (Lipinski definition) is 4. The number of para-hydroxylation sites is 1. The third-order valence-electron chi connectivity index (χ3n) is 4.07. The first-order chi connectivity index (χ1) is 10.2. The highest BCUT2D eigenvalue weighted by Gasteiger charge is 2.27. The average Bonchev–Trinajstić information content (AvgIpc) is 2.71. The fraction of sp³-hybridized carbons (Fsp3) is 0.588. The molecule has 4 heteroatoms. The molecule has 1 saturated carbocycles. The van der Waals surface area contributed by atoms with Crippen molar-refractivity contribution in [1.29, 1.82) is 5.26 Å². The number of rotatable bonds is 6. The fourth-order valence-corrected chi connectivity index (χ4v) is 2.89. The number of ether oxygens (including phenoxy) is 1. The second-order valence-corrected chi connectivity index (χ2v) is 5.80. The van der Waals surface area contributed by atoms with E-state index in [4.69, 9.17) is 10.00 Å². The molecular weight excluding hydrogens is 264 g/mol. The summed E-state index contributed by atoms with van der Waals surface area (Å²) in [5, 5.41) is 22.5. The van der Waals surface area contributed by atoms with E-state index in [2.05, 4.69) is 5.32 Å². The molecule has 0 amide bonds. The molecule has 0 aromatic heterocycles. The van der Waals surface area contributed by atoms with Gasteiger partial charge in [0.15, 0.2) is 6.61 Å². The number of nitrogens with one attached hydrogen (secondary N) is 1. The molecule has 1 aliphatic carbocycles. The molecule has 0 bridgehead atoms. The largest absolute Gasteiger partial charge is 0.478 e. The summed E-state index contributed by atoms with van der Waals surface area (Å²) in [7, 11) is 0. The molecule has 0 saturated heterocycles. The Balaban J connectivity index is 1.86. The van der Waals surface area contributed by atoms with E-state index in [0.29, 0.717) is 13.1 Å². The Kier molecular flexibility index (Phi) is 6.04. The van der Waals surface area contributed by atoms with Crippen molar-refractivity contribution in [1.82, 2.24) is 5.32 Å². The predicted octanol–water partition coefficient (Wildman–Crippen LogP) is 2.76. The molecule has 0 heterocycles. The van der Waals surface area contributed by atoms with Gasteiger partial charge in [0.1, 0.15) is 11.8 Å². The molecule has 0 unspecified atom stereocenters. The highest BCUT2D eigenvalue weighted by molar-refractivity contribution is 5.33. The first kappa shape index (κ1) is 15.8. The standard InChI is InChI=1S/C17H24N2O2/c18-11-12-21-16-8-4-3-7-15(16)13-19-14-17(20)9-5-1-2-6-10-17/h3-4,7-8,19-20H,1-2,5-6,9-10,12-14H2. The van der Waals surface area contributed by atoms with Crippen LogP contribution in [0.1, 0.15) is 44.1 Å². The van der Waals surface area contributed by atoms with E-state index in [1.54, 1.807) is 0 Å². The van der Waals surface area contributed by atoms with Crippen molar-refractivity contribution in [3.05, 3.63) is 29.8 Å². The minimum atomic E-state index is -0.570. The Morgan fingerprint density at radius 3 is 2.62 bits per heavy atom. The van der Waals surface area contributed by atoms with Gasteiger partial charge in [-0.05, 0) is 18.9 Å². The van der Waals surface area contributed by atoms with Gasteiger partial charge in [0.25, 0.3) is 0 Å². The summed E-state index contributed by atoms with van der Waals surface area (Å²) in [6.07, 6.45) is 6.44. The normalized spacial score (nSPS) is 17.7. The molecule has 1 aromatic carbocycles. The number of hydrogen-bond donors (Lipinski definition) is 2. The Bertz CT molecular complexity index is 474. The molecule has 114 valence electrons. The van der Waals surface area contributed by atoms with Crippen molar-refractivity contribution in [2.24, 2.45) is 0 Å². The van der Waals surface area contributed by atoms with Gasteiger partial charge in [-0.15, -0.1) is 0 Å². The van der Waals surface area contributed by atoms with Gasteiger partial charge in [0, 0.05) is 18.7 Å². The molecule has 2 rings (SSSR count). The van der Waals surface area contributed by atoms with E-state index in [1.165, 1.54) is 12.8 Å². The van der Waals surface area contributed by atoms with Gasteiger partial charge in [-0.25, -0.2) is 0 Å². The van der Waals surface area contributed by atoms with E-state index in [0.717, 1.165) is 37.0 Å². The minimum Gasteiger partial charge on any atom is -0.478 e. The lowest BCUT2D eigenvalue weighted by atomic mass is 9.94. The molecule has 2 N–H and O–H groups in total. The topological polar surface area (TPSA) is 65.3 Å². The summed E-state index contributed by atoms with van der Waals surface area (Å²) in [5.74, 6) is 0.736. The van der Waals surface area contributed by atoms with Crippen LogP contribution in [0.3, 0.4) is 0 Å². The van der Waals surface area contributed by atoms with Crippen LogP contribution in [0.15, 0.2) is 24.3 Å². The Morgan fingerprint density at radius 1 is 1.19 bits per heavy atom. The average molecular weight is 288 g/mol. The maximum Gasteiger partial charge on any atom is 0.174 e. The Morgan fingerprint density at radius 2 is 1.90 bits per heavy atom. The first-order valence-electron chi connectivity index (χ1n) is 7.74. The predicted molar refractivity (Wildman–Crippen MR) is 81.9 cm³/mol. The number of nitriles is 1. The van der Waals surface area contributed by atoms with Crippen LogP contribution < -0.4 is 10.1 Å². The SMILES string of the molecule is N#CCOc1ccccc1CNCC1(O)CCCCCC1. The molecular formula is C17H24N2O2. The van der Waals surface area contributed by atoms with Crippen molar-refractivity contribution in [2.75, 3.05) is 13.2 Å². The quantitative estimate of drug-likeness (QED) is 0.790. The zero-order chi connectivity index (χ0) is 15.0. The van der Waals surface area contributed by atoms with Crippen molar-refractivity contribution in [2.45, 2.75) is 50.7 Å². The van der Waals surface area contributed by atoms with E-state index in [9.17, 15) is 5.11 Å². The van der Waals surface area contributed by atoms with Crippen molar-refractivity contribution in [3.8, 4) is 11.8 Å². The van der Waals surface area contributed by atoms with Gasteiger partial charge >= 0.3 is 0 Å². The lowest BCUT2D eigenvalue weighted by molar-refractivity contribution is 0.0250. The molecule has 4 nitrogen and oxygen atoms in total. The van der Waals surface area contributed by atoms with Crippen molar-refractivity contribution in [3.63, 3.8) is 0 Å². The van der Waals surface area contributed by atoms with Gasteiger partial charge in [-0.1, -0.05) is 43.9 Å². The van der Waals surface area contributed by atoms with Crippen LogP contribution in [0.25, 0.3) is 0 Å². The zero-order valence-corrected chi connectivity index (χ0v) is 12.5. The summed E-state index contributed by atoms with van der Waals surface area (Å²) < 4.78 is 5.41. The van der Waals surface area contributed by atoms with E-state index < -0.39 is 5.60 Å². The number of benzene rings is 1. The van der Waals surface area contributed by atoms with Crippen molar-refractivity contribution < 1.29 is 9.84 Å². The Hall–Kier alpha value is -1.57. The highest BCUT2D eigenvalue weighted by Crippen LogP contribution is 2.26. The summed E-state index contributed by atoms with van der Waals surface area (Å²) in [6.45, 7) is 1.31. The fourth-order valence-electron chi connectivity index (χ4n) is 2.89. The highest BCUT2D eigenvalue weighted by atomic mass is 16.5. The lowest BCUT2D eigenvalue weighted by Gasteiger charge is -2.27. The van der Waals surface area contributed by atoms with Gasteiger partial charge in [-0.2, -0.15) is 5.26 Å². The van der Waals surface area contributed by atoms with Crippen molar-refractivity contribution >= 4 is 0 Å². The van der Waals surface area contributed by atoms with E-state index in [-0.39, 0.29) is 6.61 Å². The lowest BCUT2D eigenvalue weighted by Crippen LogP contribution is -2.39. The molecule has 0 radical (unpaired) electrons. The summed E-state index contributed by atoms with van der Waals surface area (Å²) in [5.41, 5.74) is 0.448. The monoisotopic (exact) mass is 288 g/mol. The maximum atomic E-state index is 10.6.